The zero-order valence-corrected chi connectivity index (χ0v) is 24.8. The van der Waals surface area contributed by atoms with Gasteiger partial charge in [0.05, 0.1) is 17.2 Å². The summed E-state index contributed by atoms with van der Waals surface area (Å²) in [6, 6.07) is 14.1. The number of ether oxygens (including phenoxy) is 1. The Morgan fingerprint density at radius 1 is 1.05 bits per heavy atom. The van der Waals surface area contributed by atoms with E-state index in [0.29, 0.717) is 5.69 Å². The number of hydrogen-bond donors (Lipinski definition) is 0. The van der Waals surface area contributed by atoms with Gasteiger partial charge in [-0.3, -0.25) is 4.98 Å². The largest absolute Gasteiger partial charge is 0.490 e. The normalized spacial score (nSPS) is 18.4. The van der Waals surface area contributed by atoms with Crippen LogP contribution in [0, 0.1) is 12.3 Å². The third-order valence-corrected chi connectivity index (χ3v) is 9.18. The summed E-state index contributed by atoms with van der Waals surface area (Å²) < 4.78 is 53.4. The van der Waals surface area contributed by atoms with Crippen LogP contribution in [0.1, 0.15) is 80.9 Å². The minimum atomic E-state index is -4.46. The van der Waals surface area contributed by atoms with Gasteiger partial charge in [-0.2, -0.15) is 13.2 Å². The van der Waals surface area contributed by atoms with Crippen LogP contribution in [0.5, 0.6) is 5.75 Å². The van der Waals surface area contributed by atoms with Crippen LogP contribution in [-0.2, 0) is 6.18 Å². The maximum absolute atomic E-state index is 13.9. The molecule has 0 N–H and O–H groups in total. The zero-order valence-electron chi connectivity index (χ0n) is 24.8. The van der Waals surface area contributed by atoms with Gasteiger partial charge >= 0.3 is 6.18 Å². The summed E-state index contributed by atoms with van der Waals surface area (Å²) in [5.74, 6) is 1.85. The fourth-order valence-electron chi connectivity index (χ4n) is 6.89. The topological polar surface area (TPSA) is 51.4 Å². The first kappa shape index (κ1) is 28.0. The molecule has 0 atom stereocenters. The minimum absolute atomic E-state index is 0.0815. The second-order valence-electron chi connectivity index (χ2n) is 12.9. The lowest BCUT2D eigenvalue weighted by Gasteiger charge is -2.50. The number of piperidine rings is 1. The molecule has 2 saturated carbocycles. The highest BCUT2D eigenvalue weighted by atomic mass is 19.4. The van der Waals surface area contributed by atoms with Crippen molar-refractivity contribution in [1.29, 1.82) is 0 Å². The highest BCUT2D eigenvalue weighted by molar-refractivity contribution is 5.88. The number of rotatable bonds is 6. The number of alkyl halides is 3. The van der Waals surface area contributed by atoms with Gasteiger partial charge in [0.2, 0.25) is 0 Å². The van der Waals surface area contributed by atoms with E-state index in [1.54, 1.807) is 6.07 Å². The van der Waals surface area contributed by atoms with Crippen LogP contribution < -0.4 is 9.64 Å². The van der Waals surface area contributed by atoms with Crippen LogP contribution in [0.2, 0.25) is 0 Å². The Bertz CT molecular complexity index is 1700. The van der Waals surface area contributed by atoms with Crippen molar-refractivity contribution in [2.24, 2.45) is 5.41 Å². The molecule has 224 valence electrons. The average molecular weight is 588 g/mol. The molecular weight excluding hydrogens is 551 g/mol. The van der Waals surface area contributed by atoms with Gasteiger partial charge in [0.15, 0.2) is 0 Å². The van der Waals surface area contributed by atoms with Gasteiger partial charge in [0.1, 0.15) is 17.2 Å². The van der Waals surface area contributed by atoms with E-state index in [2.05, 4.69) is 34.3 Å². The Labute approximate surface area is 249 Å². The van der Waals surface area contributed by atoms with E-state index in [1.165, 1.54) is 23.4 Å². The highest BCUT2D eigenvalue weighted by Gasteiger charge is 2.44. The van der Waals surface area contributed by atoms with Crippen molar-refractivity contribution in [3.63, 3.8) is 0 Å². The molecule has 0 radical (unpaired) electrons. The first-order valence-corrected chi connectivity index (χ1v) is 15.3. The van der Waals surface area contributed by atoms with E-state index in [9.17, 15) is 13.2 Å². The van der Waals surface area contributed by atoms with Crippen molar-refractivity contribution in [1.82, 2.24) is 10.1 Å². The Kier molecular flexibility index (Phi) is 6.78. The van der Waals surface area contributed by atoms with Gasteiger partial charge in [0, 0.05) is 53.0 Å². The number of hydrogen-bond acceptors (Lipinski definition) is 5. The summed E-state index contributed by atoms with van der Waals surface area (Å²) >= 11 is 0. The van der Waals surface area contributed by atoms with Crippen LogP contribution in [-0.4, -0.2) is 29.3 Å². The Balaban J connectivity index is 1.09. The molecule has 7 rings (SSSR count). The first-order valence-electron chi connectivity index (χ1n) is 15.3. The molecule has 3 aliphatic rings. The quantitative estimate of drug-likeness (QED) is 0.225. The molecule has 1 aliphatic heterocycles. The molecular formula is C35H36F3N3O2. The van der Waals surface area contributed by atoms with Gasteiger partial charge in [-0.25, -0.2) is 0 Å². The van der Waals surface area contributed by atoms with Crippen molar-refractivity contribution in [3.05, 3.63) is 76.7 Å². The third kappa shape index (κ3) is 5.41. The summed E-state index contributed by atoms with van der Waals surface area (Å²) in [5.41, 5.74) is 5.03. The van der Waals surface area contributed by atoms with E-state index in [4.69, 9.17) is 14.2 Å². The lowest BCUT2D eigenvalue weighted by Crippen LogP contribution is -2.44. The summed E-state index contributed by atoms with van der Waals surface area (Å²) in [6.07, 6.45) is 3.75. The fraction of sp³-hybridized carbons (Fsp3) is 0.429. The standard InChI is InChI=1S/C35H36F3N3O2/c1-21(2)42-31-16-22(3)39-30-11-10-25(18-27(30)31)41-14-12-34(13-15-41)19-23(20-34)17-28-32(40-43-33(28)24-8-9-24)26-6-4-5-7-29(26)35(36,37)38/h4-7,10-11,16-18,21,24H,8-9,12-15,19-20H2,1-3H3. The Morgan fingerprint density at radius 3 is 2.49 bits per heavy atom. The van der Waals surface area contributed by atoms with E-state index >= 15 is 0 Å². The molecule has 8 heteroatoms. The molecule has 1 saturated heterocycles. The van der Waals surface area contributed by atoms with Crippen molar-refractivity contribution in [3.8, 4) is 17.0 Å². The van der Waals surface area contributed by atoms with E-state index in [1.807, 2.05) is 26.8 Å². The molecule has 2 aromatic carbocycles. The third-order valence-electron chi connectivity index (χ3n) is 9.18. The smallest absolute Gasteiger partial charge is 0.417 e. The van der Waals surface area contributed by atoms with Crippen LogP contribution in [0.15, 0.2) is 58.6 Å². The van der Waals surface area contributed by atoms with Gasteiger partial charge in [-0.15, -0.1) is 0 Å². The number of anilines is 1. The Hall–Kier alpha value is -3.81. The molecule has 3 heterocycles. The maximum Gasteiger partial charge on any atom is 0.417 e. The van der Waals surface area contributed by atoms with Crippen LogP contribution in [0.3, 0.4) is 0 Å². The lowest BCUT2D eigenvalue weighted by molar-refractivity contribution is -0.137. The van der Waals surface area contributed by atoms with E-state index in [0.717, 1.165) is 91.4 Å². The number of allylic oxidation sites excluding steroid dienone is 1. The molecule has 43 heavy (non-hydrogen) atoms. The van der Waals surface area contributed by atoms with Crippen molar-refractivity contribution in [2.75, 3.05) is 18.0 Å². The Morgan fingerprint density at radius 2 is 1.79 bits per heavy atom. The summed E-state index contributed by atoms with van der Waals surface area (Å²) in [7, 11) is 0. The molecule has 3 fully saturated rings. The molecule has 5 nitrogen and oxygen atoms in total. The van der Waals surface area contributed by atoms with Gasteiger partial charge < -0.3 is 14.2 Å². The number of halogens is 3. The summed E-state index contributed by atoms with van der Waals surface area (Å²) in [6.45, 7) is 7.99. The number of benzene rings is 2. The zero-order chi connectivity index (χ0) is 29.9. The maximum atomic E-state index is 13.9. The summed E-state index contributed by atoms with van der Waals surface area (Å²) in [4.78, 5) is 7.15. The molecule has 0 bridgehead atoms. The van der Waals surface area contributed by atoms with Crippen molar-refractivity contribution < 1.29 is 22.4 Å². The molecule has 4 aromatic rings. The number of pyridine rings is 1. The average Bonchev–Trinajstić information content (AvgIpc) is 3.71. The monoisotopic (exact) mass is 587 g/mol. The molecule has 2 aliphatic carbocycles. The lowest BCUT2D eigenvalue weighted by atomic mass is 9.60. The predicted octanol–water partition coefficient (Wildman–Crippen LogP) is 9.35. The number of nitrogens with zero attached hydrogens (tertiary/aromatic N) is 3. The second-order valence-corrected chi connectivity index (χ2v) is 12.9. The number of aryl methyl sites for hydroxylation is 1. The molecule has 0 amide bonds. The predicted molar refractivity (Wildman–Crippen MR) is 162 cm³/mol. The molecule has 2 aromatic heterocycles. The van der Waals surface area contributed by atoms with Gasteiger partial charge in [0.25, 0.3) is 0 Å². The minimum Gasteiger partial charge on any atom is -0.490 e. The molecule has 0 unspecified atom stereocenters. The van der Waals surface area contributed by atoms with Crippen LogP contribution in [0.25, 0.3) is 28.2 Å². The van der Waals surface area contributed by atoms with Crippen molar-refractivity contribution >= 4 is 22.7 Å². The van der Waals surface area contributed by atoms with E-state index in [-0.39, 0.29) is 23.0 Å². The molecule has 1 spiro atoms. The van der Waals surface area contributed by atoms with E-state index < -0.39 is 11.7 Å². The SMILES string of the molecule is Cc1cc(OC(C)C)c2cc(N3CCC4(CC3)CC(=Cc3c(-c5ccccc5C(F)(F)F)noc3C3CC3)C4)ccc2n1. The van der Waals surface area contributed by atoms with Gasteiger partial charge in [-0.05, 0) is 95.1 Å². The highest BCUT2D eigenvalue weighted by Crippen LogP contribution is 2.54. The fourth-order valence-corrected chi connectivity index (χ4v) is 6.89. The van der Waals surface area contributed by atoms with Crippen LogP contribution in [0.4, 0.5) is 18.9 Å². The first-order chi connectivity index (χ1) is 20.6. The summed E-state index contributed by atoms with van der Waals surface area (Å²) in [5, 5.41) is 5.23. The van der Waals surface area contributed by atoms with Gasteiger partial charge in [-0.1, -0.05) is 28.9 Å². The second kappa shape index (κ2) is 10.4. The van der Waals surface area contributed by atoms with Crippen molar-refractivity contribution in [2.45, 2.75) is 77.5 Å². The number of aromatic nitrogens is 2. The number of fused-ring (bicyclic) bond motifs is 1. The van der Waals surface area contributed by atoms with Crippen LogP contribution >= 0.6 is 0 Å².